The Kier molecular flexibility index (Phi) is 4.94. The number of fused-ring (bicyclic) bond motifs is 2. The highest BCUT2D eigenvalue weighted by atomic mass is 32.1. The summed E-state index contributed by atoms with van der Waals surface area (Å²) in [5, 5.41) is 0.174. The molecule has 6 rings (SSSR count). The summed E-state index contributed by atoms with van der Waals surface area (Å²) in [6.45, 7) is 0. The second-order valence-corrected chi connectivity index (χ2v) is 10.1. The van der Waals surface area contributed by atoms with Crippen LogP contribution in [0.4, 0.5) is 18.3 Å². The van der Waals surface area contributed by atoms with Crippen LogP contribution in [0.3, 0.4) is 0 Å². The van der Waals surface area contributed by atoms with Crippen molar-refractivity contribution in [1.82, 2.24) is 9.88 Å². The average Bonchev–Trinajstić information content (AvgIpc) is 3.14. The Bertz CT molecular complexity index is 1430. The Morgan fingerprint density at radius 2 is 2.00 bits per heavy atom. The SMILES string of the molecule is NC(=O)c1c(C[C@@H]2C[C@@H]3C[C@@H]3N2C(=O)c2nc(N)sc2-c2cccc(F)c2)ccc2c1OC(F)(F)O2. The minimum atomic E-state index is -3.90. The third-order valence-corrected chi connectivity index (χ3v) is 7.67. The summed E-state index contributed by atoms with van der Waals surface area (Å²) in [7, 11) is 0. The van der Waals surface area contributed by atoms with Crippen molar-refractivity contribution in [2.45, 2.75) is 37.6 Å². The molecule has 0 radical (unpaired) electrons. The second-order valence-electron chi connectivity index (χ2n) is 9.07. The van der Waals surface area contributed by atoms with Gasteiger partial charge in [0.05, 0.1) is 10.4 Å². The van der Waals surface area contributed by atoms with Crippen LogP contribution in [0, 0.1) is 11.7 Å². The highest BCUT2D eigenvalue weighted by Crippen LogP contribution is 2.51. The predicted molar refractivity (Wildman–Crippen MR) is 123 cm³/mol. The summed E-state index contributed by atoms with van der Waals surface area (Å²) >= 11 is 1.09. The summed E-state index contributed by atoms with van der Waals surface area (Å²) in [4.78, 5) is 32.4. The Morgan fingerprint density at radius 3 is 2.75 bits per heavy atom. The van der Waals surface area contributed by atoms with Crippen molar-refractivity contribution in [2.24, 2.45) is 11.7 Å². The van der Waals surface area contributed by atoms with Crippen molar-refractivity contribution in [2.75, 3.05) is 5.73 Å². The van der Waals surface area contributed by atoms with E-state index in [0.717, 1.165) is 17.8 Å². The van der Waals surface area contributed by atoms with Gasteiger partial charge in [-0.25, -0.2) is 9.37 Å². The Labute approximate surface area is 206 Å². The number of carbonyl (C=O) groups is 2. The predicted octanol–water partition coefficient (Wildman–Crippen LogP) is 3.80. The van der Waals surface area contributed by atoms with E-state index in [0.29, 0.717) is 22.4 Å². The number of carbonyl (C=O) groups excluding carboxylic acids is 2. The summed E-state index contributed by atoms with van der Waals surface area (Å²) in [6.07, 6.45) is -2.23. The molecule has 3 aliphatic rings. The van der Waals surface area contributed by atoms with E-state index < -0.39 is 23.8 Å². The molecule has 2 aliphatic heterocycles. The Balaban J connectivity index is 1.34. The molecule has 2 amide bonds. The molecule has 2 fully saturated rings. The van der Waals surface area contributed by atoms with Gasteiger partial charge in [0.2, 0.25) is 0 Å². The van der Waals surface area contributed by atoms with Gasteiger partial charge in [-0.3, -0.25) is 9.59 Å². The maximum Gasteiger partial charge on any atom is 0.586 e. The van der Waals surface area contributed by atoms with Gasteiger partial charge in [0, 0.05) is 12.1 Å². The van der Waals surface area contributed by atoms with Gasteiger partial charge >= 0.3 is 6.29 Å². The summed E-state index contributed by atoms with van der Waals surface area (Å²) < 4.78 is 50.2. The van der Waals surface area contributed by atoms with E-state index in [1.807, 2.05) is 0 Å². The van der Waals surface area contributed by atoms with Crippen LogP contribution in [-0.4, -0.2) is 40.1 Å². The van der Waals surface area contributed by atoms with Crippen molar-refractivity contribution in [3.63, 3.8) is 0 Å². The molecule has 1 aliphatic carbocycles. The van der Waals surface area contributed by atoms with Crippen LogP contribution in [0.2, 0.25) is 0 Å². The van der Waals surface area contributed by atoms with E-state index in [4.69, 9.17) is 11.5 Å². The fourth-order valence-corrected chi connectivity index (χ4v) is 6.06. The van der Waals surface area contributed by atoms with Crippen LogP contribution in [0.25, 0.3) is 10.4 Å². The lowest BCUT2D eigenvalue weighted by molar-refractivity contribution is -0.286. The van der Waals surface area contributed by atoms with Crippen LogP contribution in [0.1, 0.15) is 39.3 Å². The monoisotopic (exact) mass is 516 g/mol. The largest absolute Gasteiger partial charge is 0.586 e. The highest BCUT2D eigenvalue weighted by molar-refractivity contribution is 7.19. The topological polar surface area (TPSA) is 121 Å². The number of likely N-dealkylation sites (tertiary alicyclic amines) is 1. The molecule has 3 heterocycles. The van der Waals surface area contributed by atoms with Gasteiger partial charge in [-0.1, -0.05) is 29.5 Å². The van der Waals surface area contributed by atoms with Gasteiger partial charge in [0.1, 0.15) is 11.5 Å². The molecule has 0 bridgehead atoms. The lowest BCUT2D eigenvalue weighted by Gasteiger charge is -2.28. The Morgan fingerprint density at radius 1 is 1.19 bits per heavy atom. The van der Waals surface area contributed by atoms with E-state index in [1.54, 1.807) is 17.0 Å². The molecule has 4 N–H and O–H groups in total. The number of piperidine rings is 1. The lowest BCUT2D eigenvalue weighted by Crippen LogP contribution is -2.40. The number of nitrogens with zero attached hydrogens (tertiary/aromatic N) is 2. The van der Waals surface area contributed by atoms with Gasteiger partial charge in [0.25, 0.3) is 11.8 Å². The Hall–Kier alpha value is -3.80. The molecule has 186 valence electrons. The molecule has 2 aromatic carbocycles. The maximum atomic E-state index is 13.9. The number of amides is 2. The van der Waals surface area contributed by atoms with Gasteiger partial charge in [-0.2, -0.15) is 0 Å². The van der Waals surface area contributed by atoms with Crippen molar-refractivity contribution >= 4 is 28.3 Å². The number of anilines is 1. The van der Waals surface area contributed by atoms with Crippen molar-refractivity contribution < 1.29 is 32.2 Å². The molecule has 8 nitrogen and oxygen atoms in total. The summed E-state index contributed by atoms with van der Waals surface area (Å²) in [5.41, 5.74) is 12.2. The molecule has 3 atom stereocenters. The molecular weight excluding hydrogens is 497 g/mol. The average molecular weight is 517 g/mol. The third-order valence-electron chi connectivity index (χ3n) is 6.74. The first-order valence-electron chi connectivity index (χ1n) is 11.2. The number of nitrogen functional groups attached to an aromatic ring is 1. The van der Waals surface area contributed by atoms with Crippen LogP contribution < -0.4 is 20.9 Å². The van der Waals surface area contributed by atoms with Crippen molar-refractivity contribution in [3.8, 4) is 21.9 Å². The highest BCUT2D eigenvalue weighted by Gasteiger charge is 2.55. The summed E-state index contributed by atoms with van der Waals surface area (Å²) in [6, 6.07) is 8.25. The zero-order valence-corrected chi connectivity index (χ0v) is 19.4. The number of hydrogen-bond donors (Lipinski definition) is 2. The van der Waals surface area contributed by atoms with Crippen molar-refractivity contribution in [1.29, 1.82) is 0 Å². The van der Waals surface area contributed by atoms with Crippen LogP contribution in [0.5, 0.6) is 11.5 Å². The van der Waals surface area contributed by atoms with E-state index in [1.165, 1.54) is 24.3 Å². The second kappa shape index (κ2) is 7.85. The lowest BCUT2D eigenvalue weighted by atomic mass is 9.96. The van der Waals surface area contributed by atoms with E-state index >= 15 is 0 Å². The number of alkyl halides is 2. The van der Waals surface area contributed by atoms with Gasteiger partial charge in [0.15, 0.2) is 16.6 Å². The van der Waals surface area contributed by atoms with Gasteiger partial charge in [-0.05, 0) is 54.5 Å². The number of rotatable bonds is 5. The number of nitrogens with two attached hydrogens (primary N) is 2. The number of benzene rings is 2. The fraction of sp³-hybridized carbons (Fsp3) is 0.292. The third kappa shape index (κ3) is 3.72. The zero-order valence-electron chi connectivity index (χ0n) is 18.5. The first kappa shape index (κ1) is 22.7. The number of primary amides is 1. The number of aromatic nitrogens is 1. The standard InChI is InChI=1S/C24H19F3N4O4S/c25-13-3-1-2-11(6-13)20-18(30-23(29)36-20)22(33)31-14(8-12-9-15(12)31)7-10-4-5-16-19(17(10)21(28)32)35-24(26,27)34-16/h1-6,12,14-15H,7-9H2,(H2,28,32)(H2,29,30)/t12-,14-,15+/m1/s1. The fourth-order valence-electron chi connectivity index (χ4n) is 5.23. The quantitative estimate of drug-likeness (QED) is 0.532. The maximum absolute atomic E-state index is 13.9. The van der Waals surface area contributed by atoms with E-state index in [9.17, 15) is 22.8 Å². The number of hydrogen-bond acceptors (Lipinski definition) is 7. The van der Waals surface area contributed by atoms with E-state index in [-0.39, 0.29) is 52.5 Å². The summed E-state index contributed by atoms with van der Waals surface area (Å²) in [5.74, 6) is -2.16. The van der Waals surface area contributed by atoms with E-state index in [2.05, 4.69) is 14.5 Å². The molecular formula is C24H19F3N4O4S. The minimum Gasteiger partial charge on any atom is -0.395 e. The number of ether oxygens (including phenoxy) is 2. The van der Waals surface area contributed by atoms with Gasteiger partial charge in [-0.15, -0.1) is 8.78 Å². The molecule has 12 heteroatoms. The van der Waals surface area contributed by atoms with Crippen molar-refractivity contribution in [3.05, 3.63) is 59.0 Å². The number of thiazole rings is 1. The van der Waals surface area contributed by atoms with Gasteiger partial charge < -0.3 is 25.8 Å². The molecule has 36 heavy (non-hydrogen) atoms. The smallest absolute Gasteiger partial charge is 0.395 e. The molecule has 1 saturated carbocycles. The first-order chi connectivity index (χ1) is 17.1. The van der Waals surface area contributed by atoms with Crippen LogP contribution in [-0.2, 0) is 6.42 Å². The molecule has 1 aromatic heterocycles. The minimum absolute atomic E-state index is 0.0128. The zero-order chi connectivity index (χ0) is 25.4. The normalized spacial score (nSPS) is 23.0. The van der Waals surface area contributed by atoms with Crippen LogP contribution >= 0.6 is 11.3 Å². The molecule has 1 saturated heterocycles. The molecule has 3 aromatic rings. The molecule has 0 unspecified atom stereocenters. The first-order valence-corrected chi connectivity index (χ1v) is 12.0. The van der Waals surface area contributed by atoms with Crippen LogP contribution in [0.15, 0.2) is 36.4 Å². The molecule has 0 spiro atoms. The number of halogens is 3.